The Morgan fingerprint density at radius 1 is 1.00 bits per heavy atom. The maximum Gasteiger partial charge on any atom is 0.161 e. The molecule has 0 aliphatic carbocycles. The van der Waals surface area contributed by atoms with E-state index in [4.69, 9.17) is 14.2 Å². The van der Waals surface area contributed by atoms with Crippen molar-refractivity contribution >= 4 is 15.9 Å². The smallest absolute Gasteiger partial charge is 0.161 e. The molecule has 0 radical (unpaired) electrons. The number of alkyl halides is 1. The zero-order valence-electron chi connectivity index (χ0n) is 11.1. The second-order valence-corrected chi connectivity index (χ2v) is 4.37. The van der Waals surface area contributed by atoms with Gasteiger partial charge < -0.3 is 14.2 Å². The molecule has 0 spiro atoms. The molecule has 0 unspecified atom stereocenters. The van der Waals surface area contributed by atoms with Gasteiger partial charge in [-0.05, 0) is 31.0 Å². The Bertz CT molecular complexity index is 342. The van der Waals surface area contributed by atoms with E-state index in [-0.39, 0.29) is 0 Å². The SMILES string of the molecule is CCCOCCOc1ccc(CBr)cc1OCC. The van der Waals surface area contributed by atoms with Crippen molar-refractivity contribution in [2.75, 3.05) is 26.4 Å². The molecule has 0 bridgehead atoms. The van der Waals surface area contributed by atoms with Crippen molar-refractivity contribution in [3.05, 3.63) is 23.8 Å². The number of halogens is 1. The first kappa shape index (κ1) is 15.3. The summed E-state index contributed by atoms with van der Waals surface area (Å²) in [7, 11) is 0. The van der Waals surface area contributed by atoms with Crippen LogP contribution in [0.2, 0.25) is 0 Å². The van der Waals surface area contributed by atoms with Gasteiger partial charge in [-0.15, -0.1) is 0 Å². The van der Waals surface area contributed by atoms with E-state index in [1.54, 1.807) is 0 Å². The van der Waals surface area contributed by atoms with Gasteiger partial charge in [-0.3, -0.25) is 0 Å². The van der Waals surface area contributed by atoms with Crippen molar-refractivity contribution in [3.8, 4) is 11.5 Å². The summed E-state index contributed by atoms with van der Waals surface area (Å²) in [6.07, 6.45) is 1.03. The van der Waals surface area contributed by atoms with Gasteiger partial charge in [-0.25, -0.2) is 0 Å². The van der Waals surface area contributed by atoms with E-state index in [0.29, 0.717) is 19.8 Å². The van der Waals surface area contributed by atoms with Gasteiger partial charge in [-0.2, -0.15) is 0 Å². The highest BCUT2D eigenvalue weighted by Gasteiger charge is 2.06. The van der Waals surface area contributed by atoms with Gasteiger partial charge in [-0.1, -0.05) is 28.9 Å². The molecule has 102 valence electrons. The van der Waals surface area contributed by atoms with Crippen LogP contribution in [0.1, 0.15) is 25.8 Å². The average Bonchev–Trinajstić information content (AvgIpc) is 2.40. The first-order chi connectivity index (χ1) is 8.81. The molecule has 0 amide bonds. The molecule has 0 fully saturated rings. The van der Waals surface area contributed by atoms with Crippen LogP contribution in [0.5, 0.6) is 11.5 Å². The Morgan fingerprint density at radius 3 is 2.50 bits per heavy atom. The third kappa shape index (κ3) is 5.27. The second kappa shape index (κ2) is 9.22. The third-order valence-electron chi connectivity index (χ3n) is 2.30. The van der Waals surface area contributed by atoms with Gasteiger partial charge in [0.05, 0.1) is 13.2 Å². The monoisotopic (exact) mass is 316 g/mol. The summed E-state index contributed by atoms with van der Waals surface area (Å²) in [5, 5.41) is 0.812. The minimum absolute atomic E-state index is 0.549. The Kier molecular flexibility index (Phi) is 7.85. The lowest BCUT2D eigenvalue weighted by Gasteiger charge is -2.13. The van der Waals surface area contributed by atoms with Crippen molar-refractivity contribution < 1.29 is 14.2 Å². The summed E-state index contributed by atoms with van der Waals surface area (Å²) in [5.41, 5.74) is 1.17. The lowest BCUT2D eigenvalue weighted by Crippen LogP contribution is -2.08. The van der Waals surface area contributed by atoms with Crippen molar-refractivity contribution in [3.63, 3.8) is 0 Å². The highest BCUT2D eigenvalue weighted by atomic mass is 79.9. The van der Waals surface area contributed by atoms with Gasteiger partial charge in [0.2, 0.25) is 0 Å². The van der Waals surface area contributed by atoms with Gasteiger partial charge in [0.1, 0.15) is 6.61 Å². The Morgan fingerprint density at radius 2 is 1.83 bits per heavy atom. The molecule has 0 N–H and O–H groups in total. The van der Waals surface area contributed by atoms with Crippen LogP contribution in [-0.2, 0) is 10.1 Å². The molecule has 18 heavy (non-hydrogen) atoms. The number of hydrogen-bond donors (Lipinski definition) is 0. The molecular weight excluding hydrogens is 296 g/mol. The molecule has 0 heterocycles. The Balaban J connectivity index is 2.52. The topological polar surface area (TPSA) is 27.7 Å². The van der Waals surface area contributed by atoms with E-state index in [1.165, 1.54) is 5.56 Å². The molecule has 1 rings (SSSR count). The fraction of sp³-hybridized carbons (Fsp3) is 0.571. The molecule has 0 saturated heterocycles. The predicted octanol–water partition coefficient (Wildman–Crippen LogP) is 3.79. The van der Waals surface area contributed by atoms with Crippen molar-refractivity contribution in [1.29, 1.82) is 0 Å². The molecule has 0 atom stereocenters. The van der Waals surface area contributed by atoms with Crippen LogP contribution in [0.15, 0.2) is 18.2 Å². The summed E-state index contributed by atoms with van der Waals surface area (Å²) < 4.78 is 16.6. The minimum Gasteiger partial charge on any atom is -0.490 e. The molecule has 0 aliphatic rings. The Labute approximate surface area is 118 Å². The predicted molar refractivity (Wildman–Crippen MR) is 76.8 cm³/mol. The maximum absolute atomic E-state index is 5.67. The second-order valence-electron chi connectivity index (χ2n) is 3.81. The zero-order valence-corrected chi connectivity index (χ0v) is 12.7. The Hall–Kier alpha value is -0.740. The number of ether oxygens (including phenoxy) is 3. The average molecular weight is 317 g/mol. The molecule has 4 heteroatoms. The van der Waals surface area contributed by atoms with Gasteiger partial charge in [0.15, 0.2) is 11.5 Å². The number of hydrogen-bond acceptors (Lipinski definition) is 3. The van der Waals surface area contributed by atoms with Crippen LogP contribution in [0.4, 0.5) is 0 Å². The molecule has 3 nitrogen and oxygen atoms in total. The number of benzene rings is 1. The lowest BCUT2D eigenvalue weighted by atomic mass is 10.2. The molecule has 1 aromatic rings. The van der Waals surface area contributed by atoms with Crippen LogP contribution in [0.25, 0.3) is 0 Å². The molecule has 0 aliphatic heterocycles. The third-order valence-corrected chi connectivity index (χ3v) is 2.94. The summed E-state index contributed by atoms with van der Waals surface area (Å²) in [4.78, 5) is 0. The summed E-state index contributed by atoms with van der Waals surface area (Å²) in [6, 6.07) is 5.97. The fourth-order valence-electron chi connectivity index (χ4n) is 1.48. The van der Waals surface area contributed by atoms with Crippen molar-refractivity contribution in [2.45, 2.75) is 25.6 Å². The number of rotatable bonds is 9. The summed E-state index contributed by atoms with van der Waals surface area (Å²) in [6.45, 7) is 6.63. The van der Waals surface area contributed by atoms with Crippen LogP contribution in [0, 0.1) is 0 Å². The van der Waals surface area contributed by atoms with Crippen LogP contribution < -0.4 is 9.47 Å². The largest absolute Gasteiger partial charge is 0.490 e. The van der Waals surface area contributed by atoms with Crippen LogP contribution >= 0.6 is 15.9 Å². The van der Waals surface area contributed by atoms with Crippen molar-refractivity contribution in [2.24, 2.45) is 0 Å². The summed E-state index contributed by atoms with van der Waals surface area (Å²) >= 11 is 3.43. The summed E-state index contributed by atoms with van der Waals surface area (Å²) in [5.74, 6) is 1.58. The lowest BCUT2D eigenvalue weighted by molar-refractivity contribution is 0.0992. The normalized spacial score (nSPS) is 10.4. The highest BCUT2D eigenvalue weighted by Crippen LogP contribution is 2.29. The van der Waals surface area contributed by atoms with Gasteiger partial charge in [0, 0.05) is 11.9 Å². The standard InChI is InChI=1S/C14H21BrO3/c1-3-7-16-8-9-18-13-6-5-12(11-15)10-14(13)17-4-2/h5-6,10H,3-4,7-9,11H2,1-2H3. The van der Waals surface area contributed by atoms with Crippen LogP contribution in [-0.4, -0.2) is 26.4 Å². The van der Waals surface area contributed by atoms with Crippen molar-refractivity contribution in [1.82, 2.24) is 0 Å². The highest BCUT2D eigenvalue weighted by molar-refractivity contribution is 9.08. The van der Waals surface area contributed by atoms with Crippen LogP contribution in [0.3, 0.4) is 0 Å². The zero-order chi connectivity index (χ0) is 13.2. The van der Waals surface area contributed by atoms with Gasteiger partial charge in [0.25, 0.3) is 0 Å². The van der Waals surface area contributed by atoms with E-state index >= 15 is 0 Å². The van der Waals surface area contributed by atoms with E-state index in [2.05, 4.69) is 22.9 Å². The van der Waals surface area contributed by atoms with E-state index in [0.717, 1.165) is 29.9 Å². The molecule has 1 aromatic carbocycles. The van der Waals surface area contributed by atoms with E-state index in [9.17, 15) is 0 Å². The van der Waals surface area contributed by atoms with E-state index in [1.807, 2.05) is 25.1 Å². The maximum atomic E-state index is 5.67. The molecular formula is C14H21BrO3. The first-order valence-corrected chi connectivity index (χ1v) is 7.46. The molecule has 0 saturated carbocycles. The minimum atomic E-state index is 0.549. The fourth-order valence-corrected chi connectivity index (χ4v) is 1.83. The first-order valence-electron chi connectivity index (χ1n) is 6.34. The van der Waals surface area contributed by atoms with Gasteiger partial charge >= 0.3 is 0 Å². The molecule has 0 aromatic heterocycles. The van der Waals surface area contributed by atoms with E-state index < -0.39 is 0 Å². The quantitative estimate of drug-likeness (QED) is 0.512.